The molecule has 1 N–H and O–H groups in total. The van der Waals surface area contributed by atoms with Crippen molar-refractivity contribution in [3.05, 3.63) is 118 Å². The van der Waals surface area contributed by atoms with E-state index in [0.29, 0.717) is 56.5 Å². The Morgan fingerprint density at radius 1 is 0.904 bits per heavy atom. The van der Waals surface area contributed by atoms with Gasteiger partial charge in [0.2, 0.25) is 0 Å². The predicted octanol–water partition coefficient (Wildman–Crippen LogP) is 6.80. The van der Waals surface area contributed by atoms with E-state index in [-0.39, 0.29) is 17.1 Å². The van der Waals surface area contributed by atoms with E-state index in [1.54, 1.807) is 80.0 Å². The van der Waals surface area contributed by atoms with Crippen LogP contribution < -0.4 is 25.1 Å². The number of para-hydroxylation sites is 3. The van der Waals surface area contributed by atoms with Crippen LogP contribution in [-0.4, -0.2) is 83.7 Å². The highest BCUT2D eigenvalue weighted by molar-refractivity contribution is 6.32. The summed E-state index contributed by atoms with van der Waals surface area (Å²) in [5.41, 5.74) is 0.913. The molecule has 1 fully saturated rings. The third kappa shape index (κ3) is 7.40. The Labute approximate surface area is 304 Å². The van der Waals surface area contributed by atoms with E-state index in [2.05, 4.69) is 32.1 Å². The predicted molar refractivity (Wildman–Crippen MR) is 199 cm³/mol. The van der Waals surface area contributed by atoms with E-state index in [1.165, 1.54) is 16.7 Å². The fraction of sp³-hybridized carbons (Fsp3) is 0.231. The fourth-order valence-electron chi connectivity index (χ4n) is 6.15. The SMILES string of the molecule is COc1cc2c(Oc3ccc(NC(=O)c4nc5ccccc5n(-c5ccccc5Cl)c4=O)cc3F)ccnc2cc1OCCCN1CCN(C)CC1. The van der Waals surface area contributed by atoms with Crippen molar-refractivity contribution >= 4 is 45.1 Å². The van der Waals surface area contributed by atoms with Crippen molar-refractivity contribution in [2.75, 3.05) is 58.8 Å². The van der Waals surface area contributed by atoms with Gasteiger partial charge in [0.05, 0.1) is 41.0 Å². The second-order valence-corrected chi connectivity index (χ2v) is 12.8. The largest absolute Gasteiger partial charge is 0.493 e. The van der Waals surface area contributed by atoms with Crippen LogP contribution in [0.4, 0.5) is 10.1 Å². The zero-order chi connectivity index (χ0) is 36.2. The molecule has 11 nitrogen and oxygen atoms in total. The number of nitrogens with zero attached hydrogens (tertiary/aromatic N) is 5. The minimum atomic E-state index is -0.811. The van der Waals surface area contributed by atoms with Crippen LogP contribution in [0.1, 0.15) is 16.9 Å². The maximum absolute atomic E-state index is 15.5. The Morgan fingerprint density at radius 2 is 1.69 bits per heavy atom. The first kappa shape index (κ1) is 34.9. The number of ether oxygens (including phenoxy) is 3. The highest BCUT2D eigenvalue weighted by Crippen LogP contribution is 2.38. The summed E-state index contributed by atoms with van der Waals surface area (Å²) in [6, 6.07) is 22.9. The van der Waals surface area contributed by atoms with E-state index < -0.39 is 17.3 Å². The number of nitrogens with one attached hydrogen (secondary N) is 1. The molecule has 3 heterocycles. The average molecular weight is 723 g/mol. The maximum Gasteiger partial charge on any atom is 0.287 e. The van der Waals surface area contributed by atoms with Crippen molar-refractivity contribution < 1.29 is 23.4 Å². The van der Waals surface area contributed by atoms with Crippen molar-refractivity contribution in [2.45, 2.75) is 6.42 Å². The number of piperazine rings is 1. The molecule has 0 radical (unpaired) electrons. The molecule has 0 atom stereocenters. The number of benzene rings is 4. The summed E-state index contributed by atoms with van der Waals surface area (Å²) in [6.07, 6.45) is 2.44. The molecule has 4 aromatic carbocycles. The Balaban J connectivity index is 1.07. The summed E-state index contributed by atoms with van der Waals surface area (Å²) in [7, 11) is 3.70. The third-order valence-electron chi connectivity index (χ3n) is 8.94. The zero-order valence-electron chi connectivity index (χ0n) is 28.6. The van der Waals surface area contributed by atoms with Crippen LogP contribution in [0, 0.1) is 5.82 Å². The Hall–Kier alpha value is -5.56. The van der Waals surface area contributed by atoms with Gasteiger partial charge in [0.25, 0.3) is 11.5 Å². The number of halogens is 2. The number of hydrogen-bond donors (Lipinski definition) is 1. The van der Waals surface area contributed by atoms with Gasteiger partial charge in [-0.25, -0.2) is 9.37 Å². The fourth-order valence-corrected chi connectivity index (χ4v) is 6.37. The van der Waals surface area contributed by atoms with Crippen molar-refractivity contribution in [2.24, 2.45) is 0 Å². The van der Waals surface area contributed by atoms with Crippen molar-refractivity contribution in [1.29, 1.82) is 0 Å². The summed E-state index contributed by atoms with van der Waals surface area (Å²) >= 11 is 6.43. The van der Waals surface area contributed by atoms with Gasteiger partial charge in [-0.1, -0.05) is 35.9 Å². The highest BCUT2D eigenvalue weighted by Gasteiger charge is 2.21. The number of carbonyl (C=O) groups excluding carboxylic acids is 1. The number of anilines is 1. The van der Waals surface area contributed by atoms with Gasteiger partial charge in [0, 0.05) is 62.1 Å². The first-order valence-corrected chi connectivity index (χ1v) is 17.2. The summed E-state index contributed by atoms with van der Waals surface area (Å²) < 4.78 is 34.6. The number of pyridine rings is 1. The summed E-state index contributed by atoms with van der Waals surface area (Å²) in [6.45, 7) is 5.72. The van der Waals surface area contributed by atoms with Gasteiger partial charge in [-0.05, 0) is 62.0 Å². The standard InChI is InChI=1S/C39H36ClFN6O5/c1-45-17-19-46(20-18-45)16-7-21-51-36-24-30-26(23-35(36)50-2)33(14-15-42-30)52-34-13-12-25(22-28(34)41)43-38(48)37-39(49)47(31-10-5-3-8-27(31)40)32-11-6-4-9-29(32)44-37/h3-6,8-15,22-24H,7,16-21H2,1-2H3,(H,43,48). The molecule has 7 rings (SSSR count). The highest BCUT2D eigenvalue weighted by atomic mass is 35.5. The van der Waals surface area contributed by atoms with E-state index in [0.717, 1.165) is 45.2 Å². The number of methoxy groups -OCH3 is 1. The van der Waals surface area contributed by atoms with Crippen LogP contribution in [0.5, 0.6) is 23.0 Å². The molecule has 1 aliphatic rings. The van der Waals surface area contributed by atoms with Gasteiger partial charge in [-0.15, -0.1) is 0 Å². The molecule has 266 valence electrons. The molecular weight excluding hydrogens is 687 g/mol. The molecule has 1 saturated heterocycles. The number of rotatable bonds is 11. The van der Waals surface area contributed by atoms with Crippen LogP contribution in [0.25, 0.3) is 27.6 Å². The second kappa shape index (κ2) is 15.4. The van der Waals surface area contributed by atoms with Gasteiger partial charge in [-0.3, -0.25) is 19.1 Å². The molecule has 1 aliphatic heterocycles. The van der Waals surface area contributed by atoms with E-state index in [1.807, 2.05) is 0 Å². The maximum atomic E-state index is 15.5. The van der Waals surface area contributed by atoms with Gasteiger partial charge in [-0.2, -0.15) is 0 Å². The van der Waals surface area contributed by atoms with E-state index in [9.17, 15) is 9.59 Å². The van der Waals surface area contributed by atoms with Crippen LogP contribution in [-0.2, 0) is 0 Å². The smallest absolute Gasteiger partial charge is 0.287 e. The first-order valence-electron chi connectivity index (χ1n) is 16.8. The molecule has 1 amide bonds. The molecule has 13 heteroatoms. The van der Waals surface area contributed by atoms with Crippen molar-refractivity contribution in [3.63, 3.8) is 0 Å². The quantitative estimate of drug-likeness (QED) is 0.145. The second-order valence-electron chi connectivity index (χ2n) is 12.4. The number of amides is 1. The molecule has 52 heavy (non-hydrogen) atoms. The Morgan fingerprint density at radius 3 is 2.48 bits per heavy atom. The molecule has 6 aromatic rings. The molecule has 0 saturated carbocycles. The first-order chi connectivity index (χ1) is 25.3. The van der Waals surface area contributed by atoms with Crippen LogP contribution in [0.3, 0.4) is 0 Å². The molecule has 2 aromatic heterocycles. The van der Waals surface area contributed by atoms with Crippen molar-refractivity contribution in [1.82, 2.24) is 24.3 Å². The third-order valence-corrected chi connectivity index (χ3v) is 9.26. The average Bonchev–Trinajstić information content (AvgIpc) is 3.15. The van der Waals surface area contributed by atoms with Gasteiger partial charge < -0.3 is 29.3 Å². The molecule has 0 bridgehead atoms. The molecular formula is C39H36ClFN6O5. The lowest BCUT2D eigenvalue weighted by Gasteiger charge is -2.32. The lowest BCUT2D eigenvalue weighted by atomic mass is 10.1. The van der Waals surface area contributed by atoms with E-state index in [4.69, 9.17) is 25.8 Å². The zero-order valence-corrected chi connectivity index (χ0v) is 29.4. The minimum Gasteiger partial charge on any atom is -0.493 e. The molecule has 0 aliphatic carbocycles. The van der Waals surface area contributed by atoms with Crippen molar-refractivity contribution in [3.8, 4) is 28.7 Å². The van der Waals surface area contributed by atoms with Gasteiger partial charge in [0.15, 0.2) is 28.8 Å². The van der Waals surface area contributed by atoms with Crippen LogP contribution in [0.15, 0.2) is 95.9 Å². The number of likely N-dealkylation sites (N-methyl/N-ethyl adjacent to an activating group) is 1. The number of carbonyl (C=O) groups is 1. The lowest BCUT2D eigenvalue weighted by Crippen LogP contribution is -2.44. The summed E-state index contributed by atoms with van der Waals surface area (Å²) in [5.74, 6) is -0.230. The van der Waals surface area contributed by atoms with Crippen LogP contribution >= 0.6 is 11.6 Å². The topological polar surface area (TPSA) is 111 Å². The van der Waals surface area contributed by atoms with Gasteiger partial charge >= 0.3 is 0 Å². The monoisotopic (exact) mass is 722 g/mol. The van der Waals surface area contributed by atoms with E-state index >= 15 is 4.39 Å². The number of aromatic nitrogens is 3. The summed E-state index contributed by atoms with van der Waals surface area (Å²) in [4.78, 5) is 40.7. The molecule has 0 unspecified atom stereocenters. The van der Waals surface area contributed by atoms with Gasteiger partial charge in [0.1, 0.15) is 5.75 Å². The Bertz CT molecular complexity index is 2330. The lowest BCUT2D eigenvalue weighted by molar-refractivity contribution is 0.102. The normalized spacial score (nSPS) is 13.7. The number of fused-ring (bicyclic) bond motifs is 2. The molecule has 0 spiro atoms. The van der Waals surface area contributed by atoms with Crippen LogP contribution in [0.2, 0.25) is 5.02 Å². The Kier molecular flexibility index (Phi) is 10.3. The minimum absolute atomic E-state index is 0.0846. The number of hydrogen-bond acceptors (Lipinski definition) is 9. The summed E-state index contributed by atoms with van der Waals surface area (Å²) in [5, 5.41) is 3.51.